The van der Waals surface area contributed by atoms with Crippen LogP contribution in [0.25, 0.3) is 17.1 Å². The number of anilines is 1. The number of nitrogens with one attached hydrogen (secondary N) is 1. The Morgan fingerprint density at radius 3 is 2.63 bits per heavy atom. The second kappa shape index (κ2) is 10.2. The number of aromatic nitrogens is 5. The molecule has 0 unspecified atom stereocenters. The fourth-order valence-electron chi connectivity index (χ4n) is 3.31. The highest BCUT2D eigenvalue weighted by Crippen LogP contribution is 2.30. The molecule has 3 heterocycles. The molecule has 0 bridgehead atoms. The van der Waals surface area contributed by atoms with Crippen molar-refractivity contribution in [3.05, 3.63) is 101 Å². The maximum Gasteiger partial charge on any atom is 0.275 e. The van der Waals surface area contributed by atoms with E-state index in [4.69, 9.17) is 0 Å². The van der Waals surface area contributed by atoms with Crippen LogP contribution in [0.5, 0.6) is 0 Å². The molecule has 0 fully saturated rings. The standard InChI is InChI=1S/C25H19FN6OS2/c1-16-4-10-20(11-5-16)32-23(17-3-2-12-27-13-17)30-31-25(32)35-15-22-29-21(14-34-22)24(33)28-19-8-6-18(26)7-9-19/h2-14H,15H2,1H3,(H,28,33). The summed E-state index contributed by atoms with van der Waals surface area (Å²) in [6.07, 6.45) is 3.48. The van der Waals surface area contributed by atoms with Crippen molar-refractivity contribution < 1.29 is 9.18 Å². The number of carbonyl (C=O) groups is 1. The second-order valence-corrected chi connectivity index (χ2v) is 9.48. The van der Waals surface area contributed by atoms with Gasteiger partial charge in [0.2, 0.25) is 0 Å². The van der Waals surface area contributed by atoms with Crippen molar-refractivity contribution in [2.75, 3.05) is 5.32 Å². The minimum absolute atomic E-state index is 0.311. The molecule has 7 nitrogen and oxygen atoms in total. The quantitative estimate of drug-likeness (QED) is 0.284. The van der Waals surface area contributed by atoms with E-state index in [9.17, 15) is 9.18 Å². The van der Waals surface area contributed by atoms with E-state index in [0.29, 0.717) is 28.1 Å². The third-order valence-corrected chi connectivity index (χ3v) is 7.03. The fraction of sp³-hybridized carbons (Fsp3) is 0.0800. The van der Waals surface area contributed by atoms with E-state index in [1.54, 1.807) is 17.8 Å². The van der Waals surface area contributed by atoms with Gasteiger partial charge in [0.25, 0.3) is 5.91 Å². The lowest BCUT2D eigenvalue weighted by molar-refractivity contribution is 0.102. The minimum Gasteiger partial charge on any atom is -0.321 e. The Morgan fingerprint density at radius 2 is 1.89 bits per heavy atom. The average molecular weight is 503 g/mol. The van der Waals surface area contributed by atoms with Gasteiger partial charge in [-0.25, -0.2) is 9.37 Å². The van der Waals surface area contributed by atoms with E-state index in [0.717, 1.165) is 21.8 Å². The molecule has 0 saturated heterocycles. The number of hydrogen-bond donors (Lipinski definition) is 1. The lowest BCUT2D eigenvalue weighted by Crippen LogP contribution is -2.12. The molecule has 3 aromatic heterocycles. The number of benzene rings is 2. The number of thiazole rings is 1. The van der Waals surface area contributed by atoms with Gasteiger partial charge in [0.15, 0.2) is 11.0 Å². The third-order valence-electron chi connectivity index (χ3n) is 5.06. The van der Waals surface area contributed by atoms with Gasteiger partial charge in [-0.2, -0.15) is 0 Å². The molecular weight excluding hydrogens is 483 g/mol. The summed E-state index contributed by atoms with van der Waals surface area (Å²) >= 11 is 2.89. The van der Waals surface area contributed by atoms with E-state index < -0.39 is 0 Å². The Morgan fingerprint density at radius 1 is 1.09 bits per heavy atom. The number of rotatable bonds is 7. The fourth-order valence-corrected chi connectivity index (χ4v) is 5.05. The summed E-state index contributed by atoms with van der Waals surface area (Å²) in [7, 11) is 0. The molecule has 0 spiro atoms. The van der Waals surface area contributed by atoms with Gasteiger partial charge in [-0.05, 0) is 55.5 Å². The molecule has 0 aliphatic rings. The lowest BCUT2D eigenvalue weighted by atomic mass is 10.2. The molecule has 2 aromatic carbocycles. The van der Waals surface area contributed by atoms with E-state index in [-0.39, 0.29) is 11.7 Å². The first-order valence-electron chi connectivity index (χ1n) is 10.6. The molecule has 5 rings (SSSR count). The zero-order valence-corrected chi connectivity index (χ0v) is 20.2. The van der Waals surface area contributed by atoms with Crippen molar-refractivity contribution in [2.24, 2.45) is 0 Å². The number of hydrogen-bond acceptors (Lipinski definition) is 7. The van der Waals surface area contributed by atoms with Gasteiger partial charge in [-0.1, -0.05) is 29.5 Å². The molecule has 35 heavy (non-hydrogen) atoms. The highest BCUT2D eigenvalue weighted by atomic mass is 32.2. The Labute approximate surface area is 209 Å². The number of pyridine rings is 1. The van der Waals surface area contributed by atoms with Crippen LogP contribution in [0.2, 0.25) is 0 Å². The van der Waals surface area contributed by atoms with Gasteiger partial charge in [-0.15, -0.1) is 21.5 Å². The molecular formula is C25H19FN6OS2. The minimum atomic E-state index is -0.360. The monoisotopic (exact) mass is 502 g/mol. The molecule has 0 aliphatic carbocycles. The van der Waals surface area contributed by atoms with Crippen LogP contribution < -0.4 is 5.32 Å². The van der Waals surface area contributed by atoms with Gasteiger partial charge < -0.3 is 5.32 Å². The number of nitrogens with zero attached hydrogens (tertiary/aromatic N) is 5. The van der Waals surface area contributed by atoms with Crippen LogP contribution in [0.1, 0.15) is 21.1 Å². The number of aryl methyl sites for hydroxylation is 1. The predicted molar refractivity (Wildman–Crippen MR) is 135 cm³/mol. The van der Waals surface area contributed by atoms with Crippen LogP contribution in [0.3, 0.4) is 0 Å². The summed E-state index contributed by atoms with van der Waals surface area (Å²) in [5, 5.41) is 14.8. The van der Waals surface area contributed by atoms with Crippen molar-refractivity contribution in [3.8, 4) is 17.1 Å². The number of carbonyl (C=O) groups excluding carboxylic acids is 1. The number of thioether (sulfide) groups is 1. The average Bonchev–Trinajstić information content (AvgIpc) is 3.53. The van der Waals surface area contributed by atoms with Crippen LogP contribution in [0.4, 0.5) is 10.1 Å². The van der Waals surface area contributed by atoms with Crippen LogP contribution in [-0.4, -0.2) is 30.6 Å². The highest BCUT2D eigenvalue weighted by Gasteiger charge is 2.18. The zero-order chi connectivity index (χ0) is 24.2. The van der Waals surface area contributed by atoms with Crippen LogP contribution in [-0.2, 0) is 5.75 Å². The van der Waals surface area contributed by atoms with Gasteiger partial charge in [-0.3, -0.25) is 14.3 Å². The van der Waals surface area contributed by atoms with Crippen LogP contribution in [0.15, 0.2) is 83.6 Å². The molecule has 10 heteroatoms. The summed E-state index contributed by atoms with van der Waals surface area (Å²) < 4.78 is 15.1. The normalized spacial score (nSPS) is 10.9. The molecule has 1 N–H and O–H groups in total. The molecule has 0 saturated carbocycles. The summed E-state index contributed by atoms with van der Waals surface area (Å²) in [6.45, 7) is 2.04. The lowest BCUT2D eigenvalue weighted by Gasteiger charge is -2.10. The topological polar surface area (TPSA) is 85.6 Å². The number of amides is 1. The third kappa shape index (κ3) is 5.28. The molecule has 0 radical (unpaired) electrons. The largest absolute Gasteiger partial charge is 0.321 e. The summed E-state index contributed by atoms with van der Waals surface area (Å²) in [6, 6.07) is 17.6. The smallest absolute Gasteiger partial charge is 0.275 e. The summed E-state index contributed by atoms with van der Waals surface area (Å²) in [4.78, 5) is 21.2. The molecule has 5 aromatic rings. The van der Waals surface area contributed by atoms with Crippen LogP contribution >= 0.6 is 23.1 Å². The van der Waals surface area contributed by atoms with Crippen molar-refractivity contribution in [3.63, 3.8) is 0 Å². The maximum absolute atomic E-state index is 13.1. The summed E-state index contributed by atoms with van der Waals surface area (Å²) in [5.41, 5.74) is 3.79. The Balaban J connectivity index is 1.35. The van der Waals surface area contributed by atoms with Crippen molar-refractivity contribution in [1.29, 1.82) is 0 Å². The van der Waals surface area contributed by atoms with Gasteiger partial charge in [0.05, 0.1) is 5.75 Å². The SMILES string of the molecule is Cc1ccc(-n2c(SCc3nc(C(=O)Nc4ccc(F)cc4)cs3)nnc2-c2cccnc2)cc1. The van der Waals surface area contributed by atoms with E-state index in [2.05, 4.69) is 25.5 Å². The highest BCUT2D eigenvalue weighted by molar-refractivity contribution is 7.98. The number of halogens is 1. The van der Waals surface area contributed by atoms with Gasteiger partial charge in [0, 0.05) is 34.7 Å². The predicted octanol–water partition coefficient (Wildman–Crippen LogP) is 5.78. The first kappa shape index (κ1) is 22.9. The summed E-state index contributed by atoms with van der Waals surface area (Å²) in [5.74, 6) is 0.515. The second-order valence-electron chi connectivity index (χ2n) is 7.60. The zero-order valence-electron chi connectivity index (χ0n) is 18.6. The van der Waals surface area contributed by atoms with Gasteiger partial charge >= 0.3 is 0 Å². The van der Waals surface area contributed by atoms with E-state index in [1.807, 2.05) is 47.9 Å². The first-order chi connectivity index (χ1) is 17.1. The Kier molecular flexibility index (Phi) is 6.64. The van der Waals surface area contributed by atoms with E-state index in [1.165, 1.54) is 47.4 Å². The first-order valence-corrected chi connectivity index (χ1v) is 12.5. The molecule has 1 amide bonds. The van der Waals surface area contributed by atoms with Gasteiger partial charge in [0.1, 0.15) is 16.5 Å². The van der Waals surface area contributed by atoms with Crippen molar-refractivity contribution in [1.82, 2.24) is 24.7 Å². The Hall–Kier alpha value is -3.89. The molecule has 0 aliphatic heterocycles. The van der Waals surface area contributed by atoms with Crippen LogP contribution in [0, 0.1) is 12.7 Å². The molecule has 0 atom stereocenters. The molecule has 174 valence electrons. The van der Waals surface area contributed by atoms with E-state index >= 15 is 0 Å². The van der Waals surface area contributed by atoms with Crippen molar-refractivity contribution in [2.45, 2.75) is 17.8 Å². The maximum atomic E-state index is 13.1. The van der Waals surface area contributed by atoms with Crippen molar-refractivity contribution >= 4 is 34.7 Å². The Bertz CT molecular complexity index is 1450.